The summed E-state index contributed by atoms with van der Waals surface area (Å²) >= 11 is 0. The summed E-state index contributed by atoms with van der Waals surface area (Å²) in [4.78, 5) is 21.7. The summed E-state index contributed by atoms with van der Waals surface area (Å²) in [5, 5.41) is 20.8. The van der Waals surface area contributed by atoms with Crippen molar-refractivity contribution in [1.82, 2.24) is 0 Å². The van der Waals surface area contributed by atoms with Crippen LogP contribution in [0.4, 0.5) is 5.69 Å². The van der Waals surface area contributed by atoms with Crippen LogP contribution in [0.5, 0.6) is 0 Å². The van der Waals surface area contributed by atoms with E-state index in [0.717, 1.165) is 0 Å². The number of carbonyl (C=O) groups is 2. The molecule has 6 heteroatoms. The second kappa shape index (κ2) is 5.48. The number of rotatable bonds is 5. The molecule has 0 amide bonds. The van der Waals surface area contributed by atoms with Crippen LogP contribution in [0.15, 0.2) is 34.9 Å². The minimum atomic E-state index is -1.05. The van der Waals surface area contributed by atoms with Gasteiger partial charge in [0, 0.05) is 5.69 Å². The van der Waals surface area contributed by atoms with E-state index in [0.29, 0.717) is 17.0 Å². The average Bonchev–Trinajstić information content (AvgIpc) is 2.86. The minimum absolute atomic E-state index is 0.0813. The Morgan fingerprint density at radius 1 is 1.25 bits per heavy atom. The monoisotopic (exact) mass is 275 g/mol. The van der Waals surface area contributed by atoms with Crippen LogP contribution in [-0.2, 0) is 6.54 Å². The Labute approximate surface area is 114 Å². The molecule has 0 saturated carbocycles. The van der Waals surface area contributed by atoms with Crippen molar-refractivity contribution in [3.63, 3.8) is 0 Å². The van der Waals surface area contributed by atoms with Gasteiger partial charge in [-0.2, -0.15) is 0 Å². The molecule has 20 heavy (non-hydrogen) atoms. The fourth-order valence-corrected chi connectivity index (χ4v) is 1.83. The highest BCUT2D eigenvalue weighted by molar-refractivity contribution is 5.91. The van der Waals surface area contributed by atoms with Gasteiger partial charge in [0.2, 0.25) is 0 Å². The van der Waals surface area contributed by atoms with Crippen molar-refractivity contribution in [1.29, 1.82) is 0 Å². The number of hydrogen-bond donors (Lipinski definition) is 3. The molecule has 0 unspecified atom stereocenters. The molecule has 0 radical (unpaired) electrons. The summed E-state index contributed by atoms with van der Waals surface area (Å²) in [7, 11) is 0. The van der Waals surface area contributed by atoms with E-state index in [9.17, 15) is 9.59 Å². The van der Waals surface area contributed by atoms with Crippen LogP contribution in [0.3, 0.4) is 0 Å². The molecule has 0 fully saturated rings. The lowest BCUT2D eigenvalue weighted by molar-refractivity contribution is 0.0685. The van der Waals surface area contributed by atoms with Crippen molar-refractivity contribution in [2.45, 2.75) is 13.5 Å². The minimum Gasteiger partial charge on any atom is -0.478 e. The number of benzene rings is 1. The van der Waals surface area contributed by atoms with Crippen molar-refractivity contribution in [3.8, 4) is 0 Å². The first-order chi connectivity index (χ1) is 9.49. The predicted octanol–water partition coefficient (Wildman–Crippen LogP) is 2.60. The van der Waals surface area contributed by atoms with E-state index in [1.807, 2.05) is 0 Å². The largest absolute Gasteiger partial charge is 0.478 e. The molecule has 104 valence electrons. The van der Waals surface area contributed by atoms with Crippen LogP contribution in [0.1, 0.15) is 32.0 Å². The maximum absolute atomic E-state index is 11.0. The first-order valence-electron chi connectivity index (χ1n) is 5.86. The van der Waals surface area contributed by atoms with Crippen LogP contribution >= 0.6 is 0 Å². The first-order valence-corrected chi connectivity index (χ1v) is 5.86. The standard InChI is InChI=1S/C14H13NO5/c1-8-11(14(18)19)3-2-4-12(8)15-6-10-5-9(7-20-10)13(16)17/h2-5,7,15H,6H2,1H3,(H,16,17)(H,18,19). The van der Waals surface area contributed by atoms with E-state index >= 15 is 0 Å². The van der Waals surface area contributed by atoms with Gasteiger partial charge in [-0.15, -0.1) is 0 Å². The van der Waals surface area contributed by atoms with Crippen LogP contribution in [0.2, 0.25) is 0 Å². The summed E-state index contributed by atoms with van der Waals surface area (Å²) < 4.78 is 5.11. The summed E-state index contributed by atoms with van der Waals surface area (Å²) in [6.07, 6.45) is 1.17. The van der Waals surface area contributed by atoms with E-state index in [1.54, 1.807) is 19.1 Å². The lowest BCUT2D eigenvalue weighted by Crippen LogP contribution is -2.05. The molecule has 0 bridgehead atoms. The van der Waals surface area contributed by atoms with Gasteiger partial charge in [0.15, 0.2) is 0 Å². The number of carboxylic acids is 2. The summed E-state index contributed by atoms with van der Waals surface area (Å²) in [5.41, 5.74) is 1.58. The lowest BCUT2D eigenvalue weighted by atomic mass is 10.1. The number of nitrogens with one attached hydrogen (secondary N) is 1. The van der Waals surface area contributed by atoms with Gasteiger partial charge in [0.05, 0.1) is 17.7 Å². The van der Waals surface area contributed by atoms with E-state index in [1.165, 1.54) is 18.4 Å². The van der Waals surface area contributed by atoms with Gasteiger partial charge in [0.25, 0.3) is 0 Å². The van der Waals surface area contributed by atoms with Crippen molar-refractivity contribution >= 4 is 17.6 Å². The Bertz CT molecular complexity index is 659. The zero-order valence-corrected chi connectivity index (χ0v) is 10.7. The van der Waals surface area contributed by atoms with Gasteiger partial charge in [0.1, 0.15) is 12.0 Å². The Hall–Kier alpha value is -2.76. The van der Waals surface area contributed by atoms with Gasteiger partial charge >= 0.3 is 11.9 Å². The van der Waals surface area contributed by atoms with Crippen LogP contribution in [-0.4, -0.2) is 22.2 Å². The predicted molar refractivity (Wildman–Crippen MR) is 71.1 cm³/mol. The van der Waals surface area contributed by atoms with Crippen LogP contribution in [0, 0.1) is 6.92 Å². The molecule has 2 rings (SSSR count). The number of hydrogen-bond acceptors (Lipinski definition) is 4. The molecule has 1 aromatic carbocycles. The van der Waals surface area contributed by atoms with Gasteiger partial charge in [-0.05, 0) is 30.7 Å². The molecule has 6 nitrogen and oxygen atoms in total. The van der Waals surface area contributed by atoms with Crippen molar-refractivity contribution in [2.75, 3.05) is 5.32 Å². The van der Waals surface area contributed by atoms with Crippen molar-refractivity contribution in [2.24, 2.45) is 0 Å². The maximum atomic E-state index is 11.0. The molecule has 0 aliphatic carbocycles. The number of anilines is 1. The van der Waals surface area contributed by atoms with E-state index in [-0.39, 0.29) is 17.7 Å². The van der Waals surface area contributed by atoms with E-state index < -0.39 is 11.9 Å². The molecule has 0 saturated heterocycles. The topological polar surface area (TPSA) is 99.8 Å². The fourth-order valence-electron chi connectivity index (χ4n) is 1.83. The summed E-state index contributed by atoms with van der Waals surface area (Å²) in [6, 6.07) is 6.34. The van der Waals surface area contributed by atoms with Crippen molar-refractivity contribution < 1.29 is 24.2 Å². The molecule has 1 aromatic heterocycles. The fraction of sp³-hybridized carbons (Fsp3) is 0.143. The Kier molecular flexibility index (Phi) is 3.74. The second-order valence-electron chi connectivity index (χ2n) is 4.24. The van der Waals surface area contributed by atoms with E-state index in [4.69, 9.17) is 14.6 Å². The van der Waals surface area contributed by atoms with Crippen LogP contribution in [0.25, 0.3) is 0 Å². The highest BCUT2D eigenvalue weighted by atomic mass is 16.4. The van der Waals surface area contributed by atoms with Gasteiger partial charge in [-0.1, -0.05) is 6.07 Å². The quantitative estimate of drug-likeness (QED) is 0.775. The maximum Gasteiger partial charge on any atom is 0.338 e. The lowest BCUT2D eigenvalue weighted by Gasteiger charge is -2.10. The van der Waals surface area contributed by atoms with E-state index in [2.05, 4.69) is 5.32 Å². The smallest absolute Gasteiger partial charge is 0.338 e. The molecule has 0 spiro atoms. The molecule has 0 aliphatic heterocycles. The molecular weight excluding hydrogens is 262 g/mol. The van der Waals surface area contributed by atoms with Gasteiger partial charge < -0.3 is 19.9 Å². The van der Waals surface area contributed by atoms with Crippen molar-refractivity contribution in [3.05, 3.63) is 53.0 Å². The molecule has 3 N–H and O–H groups in total. The SMILES string of the molecule is Cc1c(NCc2cc(C(=O)O)co2)cccc1C(=O)O. The summed E-state index contributed by atoms with van der Waals surface area (Å²) in [5.74, 6) is -1.58. The summed E-state index contributed by atoms with van der Waals surface area (Å²) in [6.45, 7) is 1.98. The Balaban J connectivity index is 2.12. The van der Waals surface area contributed by atoms with Gasteiger partial charge in [-0.25, -0.2) is 9.59 Å². The Morgan fingerprint density at radius 3 is 2.60 bits per heavy atom. The average molecular weight is 275 g/mol. The third-order valence-corrected chi connectivity index (χ3v) is 2.92. The molecule has 0 atom stereocenters. The zero-order valence-electron chi connectivity index (χ0n) is 10.7. The first kappa shape index (κ1) is 13.7. The second-order valence-corrected chi connectivity index (χ2v) is 4.24. The highest BCUT2D eigenvalue weighted by Gasteiger charge is 2.11. The molecule has 0 aliphatic rings. The third kappa shape index (κ3) is 2.80. The molecule has 1 heterocycles. The number of carboxylic acid groups (broad SMARTS) is 2. The number of furan rings is 1. The Morgan fingerprint density at radius 2 is 2.00 bits per heavy atom. The molecule has 2 aromatic rings. The third-order valence-electron chi connectivity index (χ3n) is 2.92. The number of aromatic carboxylic acids is 2. The van der Waals surface area contributed by atoms with Crippen LogP contribution < -0.4 is 5.32 Å². The molecular formula is C14H13NO5. The normalized spacial score (nSPS) is 10.2. The highest BCUT2D eigenvalue weighted by Crippen LogP contribution is 2.20. The zero-order chi connectivity index (χ0) is 14.7. The van der Waals surface area contributed by atoms with Gasteiger partial charge in [-0.3, -0.25) is 0 Å².